The molecule has 1 aliphatic carbocycles. The minimum Gasteiger partial charge on any atom is -0.338 e. The predicted molar refractivity (Wildman–Crippen MR) is 72.3 cm³/mol. The molecule has 3 nitrogen and oxygen atoms in total. The van der Waals surface area contributed by atoms with Crippen LogP contribution in [0, 0.1) is 11.3 Å². The molecule has 0 aromatic heterocycles. The fourth-order valence-corrected chi connectivity index (χ4v) is 3.78. The normalized spacial score (nSPS) is 38.8. The molecule has 3 rings (SSSR count). The first-order valence-electron chi connectivity index (χ1n) is 7.63. The van der Waals surface area contributed by atoms with E-state index in [-0.39, 0.29) is 5.41 Å². The third-order valence-corrected chi connectivity index (χ3v) is 5.21. The number of carbonyl (C=O) groups excluding carboxylic acids is 1. The van der Waals surface area contributed by atoms with Crippen LogP contribution in [-0.4, -0.2) is 36.0 Å². The molecule has 1 N–H and O–H groups in total. The molecular weight excluding hydrogens is 224 g/mol. The van der Waals surface area contributed by atoms with E-state index in [4.69, 9.17) is 0 Å². The molecule has 3 aliphatic rings. The Labute approximate surface area is 110 Å². The van der Waals surface area contributed by atoms with Crippen molar-refractivity contribution >= 4 is 5.91 Å². The van der Waals surface area contributed by atoms with Crippen LogP contribution < -0.4 is 5.32 Å². The van der Waals surface area contributed by atoms with Gasteiger partial charge in [0.05, 0.1) is 0 Å². The van der Waals surface area contributed by atoms with E-state index in [0.717, 1.165) is 19.5 Å². The Morgan fingerprint density at radius 3 is 2.61 bits per heavy atom. The lowest BCUT2D eigenvalue weighted by Crippen LogP contribution is -2.53. The highest BCUT2D eigenvalue weighted by molar-refractivity contribution is 5.83. The van der Waals surface area contributed by atoms with Gasteiger partial charge in [-0.1, -0.05) is 13.8 Å². The molecule has 102 valence electrons. The van der Waals surface area contributed by atoms with Crippen LogP contribution >= 0.6 is 0 Å². The minimum absolute atomic E-state index is 0.266. The first-order chi connectivity index (χ1) is 8.59. The average Bonchev–Trinajstić information content (AvgIpc) is 2.82. The number of hydrogen-bond acceptors (Lipinski definition) is 2. The van der Waals surface area contributed by atoms with E-state index >= 15 is 0 Å². The molecule has 3 fully saturated rings. The van der Waals surface area contributed by atoms with Crippen molar-refractivity contribution in [2.24, 2.45) is 11.3 Å². The second-order valence-electron chi connectivity index (χ2n) is 7.04. The number of rotatable bonds is 2. The molecule has 2 heterocycles. The molecule has 1 saturated carbocycles. The van der Waals surface area contributed by atoms with Gasteiger partial charge in [0.25, 0.3) is 0 Å². The molecule has 0 spiro atoms. The van der Waals surface area contributed by atoms with E-state index in [2.05, 4.69) is 24.1 Å². The van der Waals surface area contributed by atoms with Gasteiger partial charge in [0.15, 0.2) is 0 Å². The monoisotopic (exact) mass is 250 g/mol. The van der Waals surface area contributed by atoms with E-state index in [1.54, 1.807) is 0 Å². The van der Waals surface area contributed by atoms with E-state index in [0.29, 0.717) is 23.9 Å². The Morgan fingerprint density at radius 2 is 2.00 bits per heavy atom. The molecule has 18 heavy (non-hydrogen) atoms. The third kappa shape index (κ3) is 2.18. The number of amides is 1. The Morgan fingerprint density at radius 1 is 1.22 bits per heavy atom. The maximum atomic E-state index is 12.6. The van der Waals surface area contributed by atoms with Crippen molar-refractivity contribution in [2.75, 3.05) is 13.1 Å². The van der Waals surface area contributed by atoms with Crippen LogP contribution in [0.25, 0.3) is 0 Å². The van der Waals surface area contributed by atoms with Gasteiger partial charge < -0.3 is 10.2 Å². The van der Waals surface area contributed by atoms with Crippen LogP contribution in [0.2, 0.25) is 0 Å². The largest absolute Gasteiger partial charge is 0.338 e. The molecule has 3 heteroatoms. The molecule has 0 aromatic carbocycles. The maximum Gasteiger partial charge on any atom is 0.226 e. The van der Waals surface area contributed by atoms with E-state index in [1.165, 1.54) is 32.1 Å². The number of nitrogens with zero attached hydrogens (tertiary/aromatic N) is 1. The van der Waals surface area contributed by atoms with Crippen molar-refractivity contribution < 1.29 is 4.79 Å². The van der Waals surface area contributed by atoms with Gasteiger partial charge in [-0.25, -0.2) is 0 Å². The van der Waals surface area contributed by atoms with Gasteiger partial charge in [0, 0.05) is 24.5 Å². The summed E-state index contributed by atoms with van der Waals surface area (Å²) in [6.45, 7) is 6.58. The Balaban J connectivity index is 1.69. The van der Waals surface area contributed by atoms with Gasteiger partial charge in [-0.2, -0.15) is 0 Å². The van der Waals surface area contributed by atoms with Crippen LogP contribution in [0.4, 0.5) is 0 Å². The summed E-state index contributed by atoms with van der Waals surface area (Å²) in [6, 6.07) is 1.04. The molecule has 0 bridgehead atoms. The number of piperidine rings is 1. The highest BCUT2D eigenvalue weighted by atomic mass is 16.2. The molecule has 3 atom stereocenters. The number of carbonyl (C=O) groups is 1. The highest BCUT2D eigenvalue weighted by Gasteiger charge is 2.53. The summed E-state index contributed by atoms with van der Waals surface area (Å²) >= 11 is 0. The lowest BCUT2D eigenvalue weighted by atomic mass is 9.93. The highest BCUT2D eigenvalue weighted by Crippen LogP contribution is 2.53. The minimum atomic E-state index is 0.266. The quantitative estimate of drug-likeness (QED) is 0.814. The van der Waals surface area contributed by atoms with Gasteiger partial charge >= 0.3 is 0 Å². The number of likely N-dealkylation sites (tertiary alicyclic amines) is 1. The van der Waals surface area contributed by atoms with Crippen molar-refractivity contribution in [3.63, 3.8) is 0 Å². The van der Waals surface area contributed by atoms with Crippen LogP contribution in [0.3, 0.4) is 0 Å². The summed E-state index contributed by atoms with van der Waals surface area (Å²) in [5, 5.41) is 3.60. The lowest BCUT2D eigenvalue weighted by Gasteiger charge is -2.39. The smallest absolute Gasteiger partial charge is 0.226 e. The van der Waals surface area contributed by atoms with E-state index < -0.39 is 0 Å². The van der Waals surface area contributed by atoms with Crippen LogP contribution in [0.5, 0.6) is 0 Å². The topological polar surface area (TPSA) is 32.3 Å². The third-order valence-electron chi connectivity index (χ3n) is 5.21. The first-order valence-corrected chi connectivity index (χ1v) is 7.63. The molecule has 3 unspecified atom stereocenters. The van der Waals surface area contributed by atoms with Crippen LogP contribution in [-0.2, 0) is 4.79 Å². The van der Waals surface area contributed by atoms with Gasteiger partial charge in [-0.3, -0.25) is 4.79 Å². The summed E-state index contributed by atoms with van der Waals surface area (Å²) in [5.41, 5.74) is 0.266. The van der Waals surface area contributed by atoms with Crippen molar-refractivity contribution in [3.05, 3.63) is 0 Å². The van der Waals surface area contributed by atoms with E-state index in [1.807, 2.05) is 0 Å². The number of nitrogens with one attached hydrogen (secondary N) is 1. The summed E-state index contributed by atoms with van der Waals surface area (Å²) in [5.74, 6) is 0.748. The Bertz CT molecular complexity index is 333. The SMILES string of the molecule is CC1(C)CC1C(=O)N1CCCCC1C1CCCN1. The molecule has 1 amide bonds. The summed E-state index contributed by atoms with van der Waals surface area (Å²) < 4.78 is 0. The fourth-order valence-electron chi connectivity index (χ4n) is 3.78. The molecule has 2 aliphatic heterocycles. The zero-order valence-electron chi connectivity index (χ0n) is 11.7. The van der Waals surface area contributed by atoms with Crippen molar-refractivity contribution in [3.8, 4) is 0 Å². The lowest BCUT2D eigenvalue weighted by molar-refractivity contribution is -0.137. The van der Waals surface area contributed by atoms with Gasteiger partial charge in [-0.05, 0) is 50.5 Å². The predicted octanol–water partition coefficient (Wildman–Crippen LogP) is 2.17. The summed E-state index contributed by atoms with van der Waals surface area (Å²) in [4.78, 5) is 14.9. The average molecular weight is 250 g/mol. The van der Waals surface area contributed by atoms with Crippen molar-refractivity contribution in [1.82, 2.24) is 10.2 Å². The van der Waals surface area contributed by atoms with Gasteiger partial charge in [0.1, 0.15) is 0 Å². The zero-order chi connectivity index (χ0) is 12.8. The zero-order valence-corrected chi connectivity index (χ0v) is 11.7. The van der Waals surface area contributed by atoms with Crippen LogP contribution in [0.15, 0.2) is 0 Å². The van der Waals surface area contributed by atoms with Crippen molar-refractivity contribution in [1.29, 1.82) is 0 Å². The molecule has 0 radical (unpaired) electrons. The van der Waals surface area contributed by atoms with Crippen molar-refractivity contribution in [2.45, 2.75) is 64.5 Å². The fraction of sp³-hybridized carbons (Fsp3) is 0.933. The second kappa shape index (κ2) is 4.52. The van der Waals surface area contributed by atoms with Crippen LogP contribution in [0.1, 0.15) is 52.4 Å². The molecule has 0 aromatic rings. The number of hydrogen-bond donors (Lipinski definition) is 1. The van der Waals surface area contributed by atoms with Gasteiger partial charge in [-0.15, -0.1) is 0 Å². The first kappa shape index (κ1) is 12.5. The Kier molecular flexibility index (Phi) is 3.13. The standard InChI is InChI=1S/C15H26N2O/c1-15(2)10-11(15)14(18)17-9-4-3-7-13(17)12-6-5-8-16-12/h11-13,16H,3-10H2,1-2H3. The summed E-state index contributed by atoms with van der Waals surface area (Å²) in [6.07, 6.45) is 7.31. The maximum absolute atomic E-state index is 12.6. The molecule has 2 saturated heterocycles. The van der Waals surface area contributed by atoms with Gasteiger partial charge in [0.2, 0.25) is 5.91 Å². The second-order valence-corrected chi connectivity index (χ2v) is 7.04. The summed E-state index contributed by atoms with van der Waals surface area (Å²) in [7, 11) is 0. The van der Waals surface area contributed by atoms with E-state index in [9.17, 15) is 4.79 Å². The Hall–Kier alpha value is -0.570. The molecular formula is C15H26N2O.